The van der Waals surface area contributed by atoms with Crippen molar-refractivity contribution in [3.63, 3.8) is 0 Å². The monoisotopic (exact) mass is 406 g/mol. The van der Waals surface area contributed by atoms with Gasteiger partial charge in [-0.05, 0) is 31.5 Å². The highest BCUT2D eigenvalue weighted by atomic mass is 16.5. The van der Waals surface area contributed by atoms with E-state index in [1.807, 2.05) is 54.6 Å². The lowest BCUT2D eigenvalue weighted by Gasteiger charge is -2.20. The quantitative estimate of drug-likeness (QED) is 0.601. The number of hydrogen-bond donors (Lipinski definition) is 2. The van der Waals surface area contributed by atoms with Gasteiger partial charge in [0.05, 0.1) is 24.6 Å². The highest BCUT2D eigenvalue weighted by molar-refractivity contribution is 6.00. The number of carbonyl (C=O) groups is 2. The third-order valence-electron chi connectivity index (χ3n) is 4.89. The molecular formula is C23H26N4O3. The van der Waals surface area contributed by atoms with Gasteiger partial charge in [0.25, 0.3) is 5.91 Å². The van der Waals surface area contributed by atoms with Crippen LogP contribution in [0.3, 0.4) is 0 Å². The molecule has 0 aliphatic carbocycles. The molecule has 156 valence electrons. The van der Waals surface area contributed by atoms with E-state index in [0.717, 1.165) is 11.1 Å². The number of primary amides is 1. The summed E-state index contributed by atoms with van der Waals surface area (Å²) in [5, 5.41) is 7.47. The Balaban J connectivity index is 1.94. The number of methoxy groups -OCH3 is 1. The minimum Gasteiger partial charge on any atom is -0.497 e. The average molecular weight is 406 g/mol. The molecule has 0 atom stereocenters. The normalized spacial score (nSPS) is 11.2. The first-order valence-corrected chi connectivity index (χ1v) is 9.64. The Kier molecular flexibility index (Phi) is 6.20. The molecular weight excluding hydrogens is 380 g/mol. The number of rotatable bonds is 8. The molecule has 3 N–H and O–H groups in total. The molecule has 0 bridgehead atoms. The van der Waals surface area contributed by atoms with E-state index in [9.17, 15) is 9.59 Å². The van der Waals surface area contributed by atoms with Crippen LogP contribution in [0.2, 0.25) is 0 Å². The van der Waals surface area contributed by atoms with Crippen molar-refractivity contribution < 1.29 is 14.3 Å². The molecule has 0 aliphatic heterocycles. The van der Waals surface area contributed by atoms with Gasteiger partial charge in [-0.1, -0.05) is 42.5 Å². The molecule has 1 aromatic heterocycles. The Labute approximate surface area is 175 Å². The molecule has 0 saturated heterocycles. The van der Waals surface area contributed by atoms with Crippen molar-refractivity contribution in [1.29, 1.82) is 0 Å². The van der Waals surface area contributed by atoms with Crippen LogP contribution in [-0.2, 0) is 11.3 Å². The topological polar surface area (TPSA) is 99.2 Å². The van der Waals surface area contributed by atoms with E-state index in [-0.39, 0.29) is 12.5 Å². The van der Waals surface area contributed by atoms with E-state index < -0.39 is 11.3 Å². The Morgan fingerprint density at radius 2 is 1.87 bits per heavy atom. The van der Waals surface area contributed by atoms with Gasteiger partial charge in [0.2, 0.25) is 5.91 Å². The maximum absolute atomic E-state index is 13.0. The molecule has 7 heteroatoms. The molecule has 0 saturated carbocycles. The molecule has 3 rings (SSSR count). The van der Waals surface area contributed by atoms with Crippen LogP contribution in [0, 0.1) is 5.41 Å². The summed E-state index contributed by atoms with van der Waals surface area (Å²) in [6.07, 6.45) is 1.72. The van der Waals surface area contributed by atoms with Crippen LogP contribution in [0.4, 0.5) is 0 Å². The van der Waals surface area contributed by atoms with Crippen molar-refractivity contribution in [2.75, 3.05) is 13.7 Å². The third-order valence-corrected chi connectivity index (χ3v) is 4.89. The zero-order valence-electron chi connectivity index (χ0n) is 17.4. The fourth-order valence-corrected chi connectivity index (χ4v) is 2.91. The van der Waals surface area contributed by atoms with Gasteiger partial charge in [-0.3, -0.25) is 14.3 Å². The highest BCUT2D eigenvalue weighted by Crippen LogP contribution is 2.26. The maximum Gasteiger partial charge on any atom is 0.255 e. The summed E-state index contributed by atoms with van der Waals surface area (Å²) in [4.78, 5) is 24.6. The van der Waals surface area contributed by atoms with Crippen LogP contribution >= 0.6 is 0 Å². The van der Waals surface area contributed by atoms with Crippen molar-refractivity contribution in [3.05, 3.63) is 71.9 Å². The standard InChI is InChI=1S/C23H26N4O3/c1-23(2,22(24)29)15-25-21(28)19-14-27(13-16-8-5-4-6-9-16)26-20(19)17-10-7-11-18(12-17)30-3/h4-12,14H,13,15H2,1-3H3,(H2,24,29)(H,25,28). The Bertz CT molecular complexity index is 1040. The van der Waals surface area contributed by atoms with Crippen molar-refractivity contribution >= 4 is 11.8 Å². The Hall–Kier alpha value is -3.61. The maximum atomic E-state index is 13.0. The number of nitrogens with two attached hydrogens (primary N) is 1. The summed E-state index contributed by atoms with van der Waals surface area (Å²) in [5.41, 5.74) is 7.35. The van der Waals surface area contributed by atoms with Gasteiger partial charge in [-0.25, -0.2) is 0 Å². The fraction of sp³-hybridized carbons (Fsp3) is 0.261. The van der Waals surface area contributed by atoms with Crippen LogP contribution in [-0.4, -0.2) is 35.2 Å². The van der Waals surface area contributed by atoms with Gasteiger partial charge in [0.1, 0.15) is 11.4 Å². The van der Waals surface area contributed by atoms with E-state index in [2.05, 4.69) is 10.4 Å². The molecule has 1 heterocycles. The van der Waals surface area contributed by atoms with Crippen LogP contribution in [0.5, 0.6) is 5.75 Å². The lowest BCUT2D eigenvalue weighted by atomic mass is 9.92. The number of aromatic nitrogens is 2. The number of amides is 2. The van der Waals surface area contributed by atoms with Gasteiger partial charge in [0, 0.05) is 18.3 Å². The van der Waals surface area contributed by atoms with Gasteiger partial charge in [-0.15, -0.1) is 0 Å². The number of nitrogens with zero attached hydrogens (tertiary/aromatic N) is 2. The zero-order chi connectivity index (χ0) is 21.7. The molecule has 7 nitrogen and oxygen atoms in total. The summed E-state index contributed by atoms with van der Waals surface area (Å²) in [7, 11) is 1.59. The Morgan fingerprint density at radius 1 is 1.13 bits per heavy atom. The molecule has 2 amide bonds. The van der Waals surface area contributed by atoms with E-state index >= 15 is 0 Å². The first-order valence-electron chi connectivity index (χ1n) is 9.64. The van der Waals surface area contributed by atoms with Crippen LogP contribution in [0.15, 0.2) is 60.8 Å². The lowest BCUT2D eigenvalue weighted by Crippen LogP contribution is -2.42. The predicted molar refractivity (Wildman–Crippen MR) is 115 cm³/mol. The number of carbonyl (C=O) groups excluding carboxylic acids is 2. The molecule has 30 heavy (non-hydrogen) atoms. The predicted octanol–water partition coefficient (Wildman–Crippen LogP) is 2.85. The van der Waals surface area contributed by atoms with Crippen molar-refractivity contribution in [3.8, 4) is 17.0 Å². The third kappa shape index (κ3) is 4.86. The second-order valence-corrected chi connectivity index (χ2v) is 7.74. The van der Waals surface area contributed by atoms with Crippen LogP contribution in [0.25, 0.3) is 11.3 Å². The second-order valence-electron chi connectivity index (χ2n) is 7.74. The zero-order valence-corrected chi connectivity index (χ0v) is 17.4. The second kappa shape index (κ2) is 8.82. The van der Waals surface area contributed by atoms with Crippen molar-refractivity contribution in [1.82, 2.24) is 15.1 Å². The summed E-state index contributed by atoms with van der Waals surface area (Å²) in [6, 6.07) is 17.3. The number of ether oxygens (including phenoxy) is 1. The van der Waals surface area contributed by atoms with Crippen LogP contribution < -0.4 is 15.8 Å². The number of hydrogen-bond acceptors (Lipinski definition) is 4. The number of nitrogens with one attached hydrogen (secondary N) is 1. The number of benzene rings is 2. The molecule has 0 fully saturated rings. The van der Waals surface area contributed by atoms with Gasteiger partial charge < -0.3 is 15.8 Å². The molecule has 0 radical (unpaired) electrons. The fourth-order valence-electron chi connectivity index (χ4n) is 2.91. The van der Waals surface area contributed by atoms with E-state index in [1.165, 1.54) is 0 Å². The van der Waals surface area contributed by atoms with Crippen molar-refractivity contribution in [2.24, 2.45) is 11.1 Å². The lowest BCUT2D eigenvalue weighted by molar-refractivity contribution is -0.125. The van der Waals surface area contributed by atoms with E-state index in [4.69, 9.17) is 10.5 Å². The molecule has 3 aromatic rings. The van der Waals surface area contributed by atoms with Crippen LogP contribution in [0.1, 0.15) is 29.8 Å². The summed E-state index contributed by atoms with van der Waals surface area (Å²) < 4.78 is 7.05. The summed E-state index contributed by atoms with van der Waals surface area (Å²) >= 11 is 0. The SMILES string of the molecule is COc1cccc(-c2nn(Cc3ccccc3)cc2C(=O)NCC(C)(C)C(N)=O)c1. The summed E-state index contributed by atoms with van der Waals surface area (Å²) in [6.45, 7) is 4.04. The van der Waals surface area contributed by atoms with Gasteiger partial charge in [-0.2, -0.15) is 5.10 Å². The molecule has 2 aromatic carbocycles. The van der Waals surface area contributed by atoms with E-state index in [1.54, 1.807) is 31.8 Å². The summed E-state index contributed by atoms with van der Waals surface area (Å²) in [5.74, 6) is -0.122. The van der Waals surface area contributed by atoms with Gasteiger partial charge in [0.15, 0.2) is 0 Å². The van der Waals surface area contributed by atoms with Crippen molar-refractivity contribution in [2.45, 2.75) is 20.4 Å². The largest absolute Gasteiger partial charge is 0.497 e. The first kappa shape index (κ1) is 21.1. The highest BCUT2D eigenvalue weighted by Gasteiger charge is 2.27. The smallest absolute Gasteiger partial charge is 0.255 e. The average Bonchev–Trinajstić information content (AvgIpc) is 3.16. The minimum absolute atomic E-state index is 0.128. The Morgan fingerprint density at radius 3 is 2.53 bits per heavy atom. The van der Waals surface area contributed by atoms with E-state index in [0.29, 0.717) is 23.6 Å². The molecule has 0 unspecified atom stereocenters. The molecule has 0 aliphatic rings. The minimum atomic E-state index is -0.855. The van der Waals surface area contributed by atoms with Gasteiger partial charge >= 0.3 is 0 Å². The first-order chi connectivity index (χ1) is 14.3. The molecule has 0 spiro atoms.